The Morgan fingerprint density at radius 1 is 0.915 bits per heavy atom. The van der Waals surface area contributed by atoms with E-state index in [-0.39, 0.29) is 28.9 Å². The summed E-state index contributed by atoms with van der Waals surface area (Å²) in [4.78, 5) is 14.4. The van der Waals surface area contributed by atoms with Crippen LogP contribution >= 0.6 is 0 Å². The van der Waals surface area contributed by atoms with Gasteiger partial charge in [-0.05, 0) is 67.8 Å². The molecule has 7 heteroatoms. The van der Waals surface area contributed by atoms with Crippen molar-refractivity contribution in [3.05, 3.63) is 60.7 Å². The zero-order valence-corrected chi connectivity index (χ0v) is 33.7. The van der Waals surface area contributed by atoms with Gasteiger partial charge in [-0.25, -0.2) is 0 Å². The third-order valence-electron chi connectivity index (χ3n) is 10.3. The highest BCUT2D eigenvalue weighted by atomic mass is 28.4. The zero-order valence-electron chi connectivity index (χ0n) is 31.7. The molecule has 5 nitrogen and oxygen atoms in total. The summed E-state index contributed by atoms with van der Waals surface area (Å²) in [6.07, 6.45) is 3.17. The molecule has 3 rings (SSSR count). The zero-order chi connectivity index (χ0) is 35.3. The number of carbonyl (C=O) groups excluding carboxylic acids is 1. The fourth-order valence-corrected chi connectivity index (χ4v) is 13.3. The average Bonchev–Trinajstić information content (AvgIpc) is 2.98. The highest BCUT2D eigenvalue weighted by Crippen LogP contribution is 2.40. The number of rotatable bonds is 16. The van der Waals surface area contributed by atoms with Gasteiger partial charge in [-0.2, -0.15) is 0 Å². The van der Waals surface area contributed by atoms with E-state index < -0.39 is 39.6 Å². The van der Waals surface area contributed by atoms with Gasteiger partial charge < -0.3 is 19.0 Å². The van der Waals surface area contributed by atoms with Crippen LogP contribution in [-0.2, 0) is 18.7 Å². The summed E-state index contributed by atoms with van der Waals surface area (Å²) < 4.78 is 19.4. The van der Waals surface area contributed by atoms with Crippen molar-refractivity contribution >= 4 is 32.5 Å². The molecule has 0 aromatic heterocycles. The first-order valence-electron chi connectivity index (χ1n) is 18.0. The normalized spacial score (nSPS) is 20.3. The van der Waals surface area contributed by atoms with Crippen LogP contribution in [0.15, 0.2) is 60.7 Å². The monoisotopic (exact) mass is 682 g/mol. The van der Waals surface area contributed by atoms with Crippen LogP contribution in [0, 0.1) is 17.3 Å². The van der Waals surface area contributed by atoms with Gasteiger partial charge >= 0.3 is 0 Å². The molecule has 1 saturated heterocycles. The molecule has 1 fully saturated rings. The molecule has 0 aliphatic carbocycles. The Morgan fingerprint density at radius 3 is 1.91 bits per heavy atom. The van der Waals surface area contributed by atoms with E-state index in [0.29, 0.717) is 13.0 Å². The van der Waals surface area contributed by atoms with Gasteiger partial charge in [-0.1, -0.05) is 134 Å². The summed E-state index contributed by atoms with van der Waals surface area (Å²) in [6.45, 7) is 26.7. The van der Waals surface area contributed by atoms with Crippen molar-refractivity contribution in [2.75, 3.05) is 6.61 Å². The minimum Gasteiger partial charge on any atom is -0.405 e. The van der Waals surface area contributed by atoms with E-state index in [1.807, 2.05) is 27.7 Å². The second kappa shape index (κ2) is 15.9. The van der Waals surface area contributed by atoms with E-state index in [4.69, 9.17) is 13.9 Å². The maximum Gasteiger partial charge on any atom is 0.261 e. The molecule has 0 saturated carbocycles. The molecule has 0 amide bonds. The van der Waals surface area contributed by atoms with Gasteiger partial charge in [0.25, 0.3) is 8.32 Å². The SMILES string of the molecule is CC(CCC[C@H](C)C(O)[C@@H](CC[Si](C)(C)C)C(=O)C(C)(C)[C@@H]1CCOC(C)(C)O1)O[Si](c1ccccc1)(c1ccccc1)C(C)(C)C. The lowest BCUT2D eigenvalue weighted by Gasteiger charge is -2.45. The van der Waals surface area contributed by atoms with Crippen LogP contribution in [0.25, 0.3) is 0 Å². The van der Waals surface area contributed by atoms with Crippen molar-refractivity contribution < 1.29 is 23.8 Å². The molecular formula is C40H66O5Si2. The molecule has 0 bridgehead atoms. The molecule has 2 unspecified atom stereocenters. The number of benzene rings is 2. The summed E-state index contributed by atoms with van der Waals surface area (Å²) in [5, 5.41) is 14.4. The van der Waals surface area contributed by atoms with Gasteiger partial charge in [0.15, 0.2) is 5.79 Å². The van der Waals surface area contributed by atoms with E-state index >= 15 is 0 Å². The lowest BCUT2D eigenvalue weighted by atomic mass is 9.71. The first-order valence-corrected chi connectivity index (χ1v) is 23.7. The van der Waals surface area contributed by atoms with E-state index in [0.717, 1.165) is 31.7 Å². The molecule has 5 atom stereocenters. The Kier molecular flexibility index (Phi) is 13.5. The molecule has 2 aromatic carbocycles. The number of Topliss-reactive ketones (excluding diaryl/α,β-unsaturated/α-hetero) is 1. The molecule has 0 radical (unpaired) electrons. The summed E-state index contributed by atoms with van der Waals surface area (Å²) in [7, 11) is -4.06. The van der Waals surface area contributed by atoms with E-state index in [2.05, 4.69) is 115 Å². The number of carbonyl (C=O) groups is 1. The molecule has 0 spiro atoms. The molecule has 1 aliphatic heterocycles. The standard InChI is InChI=1S/C40H66O5Si2/c1-30(36(41)34(27-29-46(10,11)12)37(42)39(6,7)35-26-28-43-40(8,9)44-35)20-19-21-31(2)45-47(38(3,4)5,32-22-15-13-16-23-32)33-24-17-14-18-25-33/h13-18,22-25,30-31,34-36,41H,19-21,26-29H2,1-12H3/t30-,31?,34+,35-,36?/m0/s1. The number of hydrogen-bond donors (Lipinski definition) is 1. The highest BCUT2D eigenvalue weighted by molar-refractivity contribution is 6.99. The Labute approximate surface area is 289 Å². The van der Waals surface area contributed by atoms with Crippen LogP contribution in [-0.4, -0.2) is 58.0 Å². The molecule has 1 aliphatic rings. The summed E-state index contributed by atoms with van der Waals surface area (Å²) >= 11 is 0. The molecular weight excluding hydrogens is 617 g/mol. The quantitative estimate of drug-likeness (QED) is 0.180. The number of aliphatic hydroxyl groups is 1. The third-order valence-corrected chi connectivity index (χ3v) is 17.2. The molecule has 2 aromatic rings. The Morgan fingerprint density at radius 2 is 1.45 bits per heavy atom. The molecule has 47 heavy (non-hydrogen) atoms. The Bertz CT molecular complexity index is 1210. The van der Waals surface area contributed by atoms with Gasteiger partial charge in [0.2, 0.25) is 0 Å². The van der Waals surface area contributed by atoms with E-state index in [9.17, 15) is 9.90 Å². The molecule has 1 N–H and O–H groups in total. The first-order chi connectivity index (χ1) is 21.7. The second-order valence-corrected chi connectivity index (χ2v) is 27.3. The van der Waals surface area contributed by atoms with Crippen LogP contribution < -0.4 is 10.4 Å². The lowest BCUT2D eigenvalue weighted by molar-refractivity contribution is -0.289. The van der Waals surface area contributed by atoms with E-state index in [1.165, 1.54) is 10.4 Å². The summed E-state index contributed by atoms with van der Waals surface area (Å²) in [5.41, 5.74) is -0.718. The molecule has 1 heterocycles. The van der Waals surface area contributed by atoms with Crippen molar-refractivity contribution in [3.8, 4) is 0 Å². The lowest BCUT2D eigenvalue weighted by Crippen LogP contribution is -2.67. The smallest absolute Gasteiger partial charge is 0.261 e. The van der Waals surface area contributed by atoms with Crippen LogP contribution in [0.5, 0.6) is 0 Å². The van der Waals surface area contributed by atoms with Crippen molar-refractivity contribution in [2.45, 2.75) is 149 Å². The highest BCUT2D eigenvalue weighted by Gasteiger charge is 2.51. The summed E-state index contributed by atoms with van der Waals surface area (Å²) in [5.74, 6) is -1.00. The largest absolute Gasteiger partial charge is 0.405 e. The van der Waals surface area contributed by atoms with E-state index in [1.54, 1.807) is 0 Å². The first kappa shape index (κ1) is 39.8. The van der Waals surface area contributed by atoms with Crippen molar-refractivity contribution in [3.63, 3.8) is 0 Å². The van der Waals surface area contributed by atoms with Gasteiger partial charge in [0.05, 0.1) is 24.2 Å². The Balaban J connectivity index is 1.75. The van der Waals surface area contributed by atoms with Gasteiger partial charge in [-0.3, -0.25) is 4.79 Å². The maximum atomic E-state index is 14.4. The van der Waals surface area contributed by atoms with Crippen molar-refractivity contribution in [1.82, 2.24) is 0 Å². The van der Waals surface area contributed by atoms with Gasteiger partial charge in [-0.15, -0.1) is 0 Å². The minimum atomic E-state index is -2.63. The van der Waals surface area contributed by atoms with Crippen molar-refractivity contribution in [1.29, 1.82) is 0 Å². The number of ether oxygens (including phenoxy) is 2. The predicted molar refractivity (Wildman–Crippen MR) is 202 cm³/mol. The number of aliphatic hydroxyl groups excluding tert-OH is 1. The van der Waals surface area contributed by atoms with Gasteiger partial charge in [0, 0.05) is 20.1 Å². The van der Waals surface area contributed by atoms with Crippen LogP contribution in [0.3, 0.4) is 0 Å². The van der Waals surface area contributed by atoms with Gasteiger partial charge in [0.1, 0.15) is 5.78 Å². The molecule has 264 valence electrons. The fourth-order valence-electron chi connectivity index (χ4n) is 7.38. The second-order valence-electron chi connectivity index (χ2n) is 17.4. The predicted octanol–water partition coefficient (Wildman–Crippen LogP) is 8.60. The number of ketones is 1. The van der Waals surface area contributed by atoms with Crippen LogP contribution in [0.4, 0.5) is 0 Å². The van der Waals surface area contributed by atoms with Crippen LogP contribution in [0.1, 0.15) is 94.4 Å². The fraction of sp³-hybridized carbons (Fsp3) is 0.675. The number of hydrogen-bond acceptors (Lipinski definition) is 5. The Hall–Kier alpha value is -1.62. The summed E-state index contributed by atoms with van der Waals surface area (Å²) in [6, 6.07) is 22.6. The van der Waals surface area contributed by atoms with Crippen LogP contribution in [0.2, 0.25) is 30.7 Å². The minimum absolute atomic E-state index is 0.00602. The van der Waals surface area contributed by atoms with Crippen molar-refractivity contribution in [2.24, 2.45) is 17.3 Å². The maximum absolute atomic E-state index is 14.4. The third kappa shape index (κ3) is 10.2. The average molecular weight is 683 g/mol. The topological polar surface area (TPSA) is 65.0 Å².